The predicted octanol–water partition coefficient (Wildman–Crippen LogP) is 4.83. The van der Waals surface area contributed by atoms with Gasteiger partial charge in [-0.3, -0.25) is 0 Å². The number of carbonyl (C=O) groups is 1. The molecule has 1 N–H and O–H groups in total. The Kier molecular flexibility index (Phi) is 4.39. The molecule has 2 amide bonds. The molecule has 4 heteroatoms. The highest BCUT2D eigenvalue weighted by Gasteiger charge is 2.35. The summed E-state index contributed by atoms with van der Waals surface area (Å²) in [6, 6.07) is 6.16. The summed E-state index contributed by atoms with van der Waals surface area (Å²) in [5.74, 6) is 0.708. The van der Waals surface area contributed by atoms with Crippen LogP contribution in [0.15, 0.2) is 18.2 Å². The van der Waals surface area contributed by atoms with Crippen LogP contribution >= 0.6 is 11.6 Å². The van der Waals surface area contributed by atoms with Gasteiger partial charge < -0.3 is 10.2 Å². The van der Waals surface area contributed by atoms with Crippen molar-refractivity contribution in [3.05, 3.63) is 28.8 Å². The molecule has 2 aliphatic rings. The standard InChI is InChI=1S/C17H23ClN2O/c1-12-8-9-14(11-15(12)18)19-17(21)20-10-4-6-13-5-2-3-7-16(13)20/h8-9,11,13,16H,2-7,10H2,1H3,(H,19,21)/t13-,16-/m0/s1. The van der Waals surface area contributed by atoms with Gasteiger partial charge in [-0.2, -0.15) is 0 Å². The second-order valence-corrected chi connectivity index (χ2v) is 6.75. The van der Waals surface area contributed by atoms with Gasteiger partial charge in [-0.05, 0) is 56.2 Å². The average Bonchev–Trinajstić information content (AvgIpc) is 2.50. The molecule has 0 spiro atoms. The average molecular weight is 307 g/mol. The van der Waals surface area contributed by atoms with Gasteiger partial charge in [-0.1, -0.05) is 30.5 Å². The van der Waals surface area contributed by atoms with E-state index in [1.54, 1.807) is 0 Å². The first-order chi connectivity index (χ1) is 10.1. The van der Waals surface area contributed by atoms with Crippen LogP contribution in [0.1, 0.15) is 44.1 Å². The van der Waals surface area contributed by atoms with E-state index < -0.39 is 0 Å². The number of halogens is 1. The number of aryl methyl sites for hydroxylation is 1. The molecule has 1 aliphatic carbocycles. The van der Waals surface area contributed by atoms with E-state index in [2.05, 4.69) is 10.2 Å². The summed E-state index contributed by atoms with van der Waals surface area (Å²) in [5.41, 5.74) is 1.81. The lowest BCUT2D eigenvalue weighted by atomic mass is 9.78. The van der Waals surface area contributed by atoms with E-state index in [0.29, 0.717) is 17.0 Å². The summed E-state index contributed by atoms with van der Waals surface area (Å²) >= 11 is 6.13. The fourth-order valence-corrected chi connectivity index (χ4v) is 3.92. The number of carbonyl (C=O) groups excluding carboxylic acids is 1. The van der Waals surface area contributed by atoms with Gasteiger partial charge in [-0.15, -0.1) is 0 Å². The molecule has 2 atom stereocenters. The monoisotopic (exact) mass is 306 g/mol. The molecule has 3 nitrogen and oxygen atoms in total. The highest BCUT2D eigenvalue weighted by Crippen LogP contribution is 2.35. The van der Waals surface area contributed by atoms with E-state index in [4.69, 9.17) is 11.6 Å². The number of piperidine rings is 1. The maximum absolute atomic E-state index is 12.6. The van der Waals surface area contributed by atoms with Crippen LogP contribution in [0.4, 0.5) is 10.5 Å². The van der Waals surface area contributed by atoms with Crippen molar-refractivity contribution in [1.82, 2.24) is 4.90 Å². The third-order valence-corrected chi connectivity index (χ3v) is 5.33. The Morgan fingerprint density at radius 3 is 2.81 bits per heavy atom. The van der Waals surface area contributed by atoms with E-state index in [1.807, 2.05) is 25.1 Å². The summed E-state index contributed by atoms with van der Waals surface area (Å²) in [4.78, 5) is 14.6. The Labute approximate surface area is 131 Å². The van der Waals surface area contributed by atoms with Crippen LogP contribution in [0.25, 0.3) is 0 Å². The number of benzene rings is 1. The predicted molar refractivity (Wildman–Crippen MR) is 86.9 cm³/mol. The molecule has 0 unspecified atom stereocenters. The second kappa shape index (κ2) is 6.27. The van der Waals surface area contributed by atoms with E-state index in [1.165, 1.54) is 25.7 Å². The van der Waals surface area contributed by atoms with Crippen molar-refractivity contribution >= 4 is 23.3 Å². The quantitative estimate of drug-likeness (QED) is 0.791. The summed E-state index contributed by atoms with van der Waals surface area (Å²) in [6.07, 6.45) is 7.43. The van der Waals surface area contributed by atoms with Gasteiger partial charge >= 0.3 is 6.03 Å². The van der Waals surface area contributed by atoms with Crippen LogP contribution in [0.2, 0.25) is 5.02 Å². The Hall–Kier alpha value is -1.22. The van der Waals surface area contributed by atoms with Gasteiger partial charge in [0.25, 0.3) is 0 Å². The Bertz CT molecular complexity index is 530. The maximum atomic E-state index is 12.6. The number of nitrogens with one attached hydrogen (secondary N) is 1. The highest BCUT2D eigenvalue weighted by atomic mass is 35.5. The van der Waals surface area contributed by atoms with Crippen molar-refractivity contribution in [2.45, 2.75) is 51.5 Å². The second-order valence-electron chi connectivity index (χ2n) is 6.34. The van der Waals surface area contributed by atoms with Crippen LogP contribution in [-0.4, -0.2) is 23.5 Å². The van der Waals surface area contributed by atoms with Gasteiger partial charge in [0.05, 0.1) is 0 Å². The first kappa shape index (κ1) is 14.7. The summed E-state index contributed by atoms with van der Waals surface area (Å²) < 4.78 is 0. The third-order valence-electron chi connectivity index (χ3n) is 4.93. The van der Waals surface area contributed by atoms with E-state index in [-0.39, 0.29) is 6.03 Å². The lowest BCUT2D eigenvalue weighted by Crippen LogP contribution is -2.51. The number of hydrogen-bond acceptors (Lipinski definition) is 1. The molecular weight excluding hydrogens is 284 g/mol. The van der Waals surface area contributed by atoms with Gasteiger partial charge in [0.1, 0.15) is 0 Å². The zero-order valence-electron chi connectivity index (χ0n) is 12.6. The fourth-order valence-electron chi connectivity index (χ4n) is 3.74. The van der Waals surface area contributed by atoms with Crippen LogP contribution in [0, 0.1) is 12.8 Å². The molecule has 0 radical (unpaired) electrons. The molecule has 0 bridgehead atoms. The molecular formula is C17H23ClN2O. The molecule has 1 heterocycles. The Morgan fingerprint density at radius 1 is 1.24 bits per heavy atom. The first-order valence-electron chi connectivity index (χ1n) is 7.99. The van der Waals surface area contributed by atoms with Crippen LogP contribution in [0.3, 0.4) is 0 Å². The van der Waals surface area contributed by atoms with Gasteiger partial charge in [0.2, 0.25) is 0 Å². The molecule has 1 saturated carbocycles. The third kappa shape index (κ3) is 3.18. The molecule has 1 aromatic rings. The van der Waals surface area contributed by atoms with Gasteiger partial charge in [0.15, 0.2) is 0 Å². The number of nitrogens with zero attached hydrogens (tertiary/aromatic N) is 1. The van der Waals surface area contributed by atoms with Crippen LogP contribution in [-0.2, 0) is 0 Å². The van der Waals surface area contributed by atoms with E-state index in [0.717, 1.165) is 30.6 Å². The summed E-state index contributed by atoms with van der Waals surface area (Å²) in [6.45, 7) is 2.85. The van der Waals surface area contributed by atoms with E-state index >= 15 is 0 Å². The molecule has 0 aromatic heterocycles. The maximum Gasteiger partial charge on any atom is 0.322 e. The molecule has 3 rings (SSSR count). The summed E-state index contributed by atoms with van der Waals surface area (Å²) in [7, 11) is 0. The smallest absolute Gasteiger partial charge is 0.321 e. The Morgan fingerprint density at radius 2 is 2.00 bits per heavy atom. The number of hydrogen-bond donors (Lipinski definition) is 1. The van der Waals surface area contributed by atoms with Crippen molar-refractivity contribution in [3.8, 4) is 0 Å². The minimum Gasteiger partial charge on any atom is -0.321 e. The van der Waals surface area contributed by atoms with Crippen LogP contribution in [0.5, 0.6) is 0 Å². The molecule has 1 aliphatic heterocycles. The van der Waals surface area contributed by atoms with Crippen molar-refractivity contribution in [2.75, 3.05) is 11.9 Å². The number of amides is 2. The lowest BCUT2D eigenvalue weighted by molar-refractivity contribution is 0.0909. The minimum absolute atomic E-state index is 0.0338. The molecule has 114 valence electrons. The molecule has 2 fully saturated rings. The van der Waals surface area contributed by atoms with Crippen LogP contribution < -0.4 is 5.32 Å². The lowest BCUT2D eigenvalue weighted by Gasteiger charge is -2.44. The Balaban J connectivity index is 1.70. The van der Waals surface area contributed by atoms with Crippen molar-refractivity contribution < 1.29 is 4.79 Å². The van der Waals surface area contributed by atoms with Crippen molar-refractivity contribution in [1.29, 1.82) is 0 Å². The van der Waals surface area contributed by atoms with E-state index in [9.17, 15) is 4.79 Å². The number of anilines is 1. The zero-order valence-corrected chi connectivity index (χ0v) is 13.3. The number of urea groups is 1. The number of rotatable bonds is 1. The van der Waals surface area contributed by atoms with Gasteiger partial charge in [0, 0.05) is 23.3 Å². The number of fused-ring (bicyclic) bond motifs is 1. The zero-order chi connectivity index (χ0) is 14.8. The highest BCUT2D eigenvalue weighted by molar-refractivity contribution is 6.31. The SMILES string of the molecule is Cc1ccc(NC(=O)N2CCC[C@@H]3CCCC[C@@H]32)cc1Cl. The topological polar surface area (TPSA) is 32.3 Å². The van der Waals surface area contributed by atoms with Gasteiger partial charge in [-0.25, -0.2) is 4.79 Å². The summed E-state index contributed by atoms with van der Waals surface area (Å²) in [5, 5.41) is 3.71. The molecule has 1 aromatic carbocycles. The first-order valence-corrected chi connectivity index (χ1v) is 8.37. The molecule has 21 heavy (non-hydrogen) atoms. The number of likely N-dealkylation sites (tertiary alicyclic amines) is 1. The normalized spacial score (nSPS) is 25.3. The largest absolute Gasteiger partial charge is 0.322 e. The fraction of sp³-hybridized carbons (Fsp3) is 0.588. The van der Waals surface area contributed by atoms with Crippen molar-refractivity contribution in [3.63, 3.8) is 0 Å². The molecule has 1 saturated heterocycles. The van der Waals surface area contributed by atoms with Crippen molar-refractivity contribution in [2.24, 2.45) is 5.92 Å². The minimum atomic E-state index is 0.0338.